The molecule has 10 rings (SSSR count). The van der Waals surface area contributed by atoms with Gasteiger partial charge >= 0.3 is 0 Å². The molecular formula is C48H52N2. The maximum absolute atomic E-state index is 2.97. The third-order valence-electron chi connectivity index (χ3n) is 14.1. The summed E-state index contributed by atoms with van der Waals surface area (Å²) in [5.41, 5.74) is 10.9. The molecule has 0 N–H and O–H groups in total. The van der Waals surface area contributed by atoms with E-state index in [4.69, 9.17) is 0 Å². The Hall–Kier alpha value is -4.04. The van der Waals surface area contributed by atoms with Gasteiger partial charge in [-0.05, 0) is 122 Å². The molecule has 2 aromatic rings. The Bertz CT molecular complexity index is 1900. The predicted molar refractivity (Wildman–Crippen MR) is 208 cm³/mol. The lowest BCUT2D eigenvalue weighted by molar-refractivity contribution is 0.182. The fourth-order valence-corrected chi connectivity index (χ4v) is 11.4. The summed E-state index contributed by atoms with van der Waals surface area (Å²) < 4.78 is 0. The number of allylic oxidation sites excluding steroid dienone is 11. The van der Waals surface area contributed by atoms with Crippen LogP contribution in [0.2, 0.25) is 0 Å². The Morgan fingerprint density at radius 2 is 1.58 bits per heavy atom. The monoisotopic (exact) mass is 656 g/mol. The summed E-state index contributed by atoms with van der Waals surface area (Å²) in [4.78, 5) is 5.71. The minimum atomic E-state index is 0.0658. The van der Waals surface area contributed by atoms with Crippen LogP contribution in [0.4, 0.5) is 5.69 Å². The summed E-state index contributed by atoms with van der Waals surface area (Å²) in [5.74, 6) is 2.89. The Kier molecular flexibility index (Phi) is 7.58. The average molecular weight is 657 g/mol. The molecule has 1 saturated carbocycles. The highest BCUT2D eigenvalue weighted by Crippen LogP contribution is 2.56. The number of anilines is 1. The third-order valence-corrected chi connectivity index (χ3v) is 14.1. The van der Waals surface area contributed by atoms with Gasteiger partial charge in [-0.2, -0.15) is 0 Å². The summed E-state index contributed by atoms with van der Waals surface area (Å²) >= 11 is 0. The third kappa shape index (κ3) is 5.03. The highest BCUT2D eigenvalue weighted by Gasteiger charge is 2.49. The van der Waals surface area contributed by atoms with Crippen molar-refractivity contribution in [2.45, 2.75) is 101 Å². The zero-order valence-electron chi connectivity index (χ0n) is 29.7. The Morgan fingerprint density at radius 3 is 2.48 bits per heavy atom. The predicted octanol–water partition coefficient (Wildman–Crippen LogP) is 11.5. The average Bonchev–Trinajstić information content (AvgIpc) is 3.88. The van der Waals surface area contributed by atoms with E-state index >= 15 is 0 Å². The van der Waals surface area contributed by atoms with Crippen LogP contribution in [0.15, 0.2) is 150 Å². The van der Waals surface area contributed by atoms with Crippen molar-refractivity contribution in [3.05, 3.63) is 161 Å². The molecule has 0 radical (unpaired) electrons. The lowest BCUT2D eigenvalue weighted by atomic mass is 9.66. The number of rotatable bonds is 5. The van der Waals surface area contributed by atoms with Crippen molar-refractivity contribution in [3.63, 3.8) is 0 Å². The van der Waals surface area contributed by atoms with E-state index in [2.05, 4.69) is 144 Å². The van der Waals surface area contributed by atoms with Crippen molar-refractivity contribution in [2.75, 3.05) is 4.90 Å². The van der Waals surface area contributed by atoms with E-state index in [1.165, 1.54) is 80.2 Å². The van der Waals surface area contributed by atoms with Crippen molar-refractivity contribution in [1.29, 1.82) is 0 Å². The molecule has 254 valence electrons. The van der Waals surface area contributed by atoms with Gasteiger partial charge in [-0.1, -0.05) is 122 Å². The minimum Gasteiger partial charge on any atom is -0.365 e. The number of fused-ring (bicyclic) bond motifs is 4. The van der Waals surface area contributed by atoms with Crippen LogP contribution in [0.3, 0.4) is 0 Å². The summed E-state index contributed by atoms with van der Waals surface area (Å²) in [5, 5.41) is 0. The van der Waals surface area contributed by atoms with Crippen molar-refractivity contribution in [1.82, 2.24) is 4.90 Å². The van der Waals surface area contributed by atoms with E-state index in [-0.39, 0.29) is 5.41 Å². The van der Waals surface area contributed by atoms with Gasteiger partial charge in [0.05, 0.1) is 12.1 Å². The van der Waals surface area contributed by atoms with Crippen LogP contribution in [-0.2, 0) is 0 Å². The number of hydrogen-bond acceptors (Lipinski definition) is 2. The summed E-state index contributed by atoms with van der Waals surface area (Å²) in [6.45, 7) is 2.57. The van der Waals surface area contributed by atoms with Crippen molar-refractivity contribution < 1.29 is 0 Å². The quantitative estimate of drug-likeness (QED) is 0.296. The fourth-order valence-electron chi connectivity index (χ4n) is 11.4. The second-order valence-electron chi connectivity index (χ2n) is 16.8. The Labute approximate surface area is 300 Å². The van der Waals surface area contributed by atoms with E-state index < -0.39 is 0 Å². The van der Waals surface area contributed by atoms with Gasteiger partial charge in [0.2, 0.25) is 0 Å². The van der Waals surface area contributed by atoms with Crippen LogP contribution in [0.5, 0.6) is 0 Å². The molecule has 50 heavy (non-hydrogen) atoms. The number of hydrogen-bond donors (Lipinski definition) is 0. The molecule has 0 bridgehead atoms. The molecule has 1 fully saturated rings. The molecular weight excluding hydrogens is 605 g/mol. The van der Waals surface area contributed by atoms with Crippen LogP contribution >= 0.6 is 0 Å². The molecule has 6 aliphatic carbocycles. The standard InChI is InChI=1S/C48H52N2/c1-48(28-27-43-41-20-9-11-22-45(41)50(47(43)32-48)38-18-12-17-35(29-38)33-13-4-2-5-14-33)37-24-26-42-40-19-8-10-21-44(40)49(46(42)31-37)39-25-23-36(30-39)34-15-6-3-7-16-34/h2-4,6-7,9-12,15-18,20-22,24,26-29,33,36-37,39-41,44-45H,5,8,13-14,19,23,25,30-32H2,1H3/t33?,36?,37?,39?,40?,41?,44?,45?,48-/m1/s1. The first kappa shape index (κ1) is 30.8. The summed E-state index contributed by atoms with van der Waals surface area (Å²) in [6, 6.07) is 22.5. The van der Waals surface area contributed by atoms with Crippen LogP contribution in [0.25, 0.3) is 0 Å². The van der Waals surface area contributed by atoms with Crippen LogP contribution in [-0.4, -0.2) is 23.0 Å². The van der Waals surface area contributed by atoms with Gasteiger partial charge in [0.1, 0.15) is 0 Å². The van der Waals surface area contributed by atoms with Gasteiger partial charge in [0.25, 0.3) is 0 Å². The number of nitrogens with zero attached hydrogens (tertiary/aromatic N) is 2. The largest absolute Gasteiger partial charge is 0.365 e. The molecule has 2 aromatic carbocycles. The van der Waals surface area contributed by atoms with Crippen molar-refractivity contribution in [2.24, 2.45) is 23.2 Å². The maximum Gasteiger partial charge on any atom is 0.0626 e. The smallest absolute Gasteiger partial charge is 0.0626 e. The van der Waals surface area contributed by atoms with E-state index in [0.717, 1.165) is 6.42 Å². The molecule has 8 aliphatic rings. The molecule has 0 amide bonds. The van der Waals surface area contributed by atoms with E-state index in [1.54, 1.807) is 17.0 Å². The van der Waals surface area contributed by atoms with Gasteiger partial charge in [-0.25, -0.2) is 0 Å². The van der Waals surface area contributed by atoms with Crippen LogP contribution in [0, 0.1) is 23.2 Å². The fraction of sp³-hybridized carbons (Fsp3) is 0.417. The van der Waals surface area contributed by atoms with Gasteiger partial charge in [0.15, 0.2) is 0 Å². The normalized spacial score (nSPS) is 36.7. The van der Waals surface area contributed by atoms with E-state index in [1.807, 2.05) is 0 Å². The van der Waals surface area contributed by atoms with Crippen molar-refractivity contribution in [3.8, 4) is 0 Å². The molecule has 2 heteroatoms. The first-order valence-corrected chi connectivity index (χ1v) is 19.9. The molecule has 2 nitrogen and oxygen atoms in total. The lowest BCUT2D eigenvalue weighted by Gasteiger charge is -2.43. The SMILES string of the molecule is C[C@@]1(C2C=CC3=C(C2)N(C2CCC(c4ccccc4)C2)C2C=CCCC32)C=CC2=C(C1)N(c1cccc(C3CC=CCC3)c1)C1C=CC=CC21. The summed E-state index contributed by atoms with van der Waals surface area (Å²) in [7, 11) is 0. The van der Waals surface area contributed by atoms with Crippen LogP contribution < -0.4 is 4.90 Å². The van der Waals surface area contributed by atoms with Crippen molar-refractivity contribution >= 4 is 5.69 Å². The molecule has 9 atom stereocenters. The maximum atomic E-state index is 2.97. The molecule has 0 saturated heterocycles. The van der Waals surface area contributed by atoms with Gasteiger partial charge in [-0.3, -0.25) is 0 Å². The minimum absolute atomic E-state index is 0.0658. The first-order valence-electron chi connectivity index (χ1n) is 19.9. The Balaban J connectivity index is 0.947. The first-order chi connectivity index (χ1) is 24.6. The van der Waals surface area contributed by atoms with E-state index in [9.17, 15) is 0 Å². The topological polar surface area (TPSA) is 6.48 Å². The van der Waals surface area contributed by atoms with Gasteiger partial charge in [0, 0.05) is 35.0 Å². The van der Waals surface area contributed by atoms with Crippen LogP contribution in [0.1, 0.15) is 94.1 Å². The molecule has 2 aliphatic heterocycles. The molecule has 2 heterocycles. The molecule has 0 aromatic heterocycles. The lowest BCUT2D eigenvalue weighted by Crippen LogP contribution is -2.41. The highest BCUT2D eigenvalue weighted by atomic mass is 15.2. The Morgan fingerprint density at radius 1 is 0.700 bits per heavy atom. The van der Waals surface area contributed by atoms with Gasteiger partial charge in [-0.15, -0.1) is 0 Å². The summed E-state index contributed by atoms with van der Waals surface area (Å²) in [6.07, 6.45) is 42.0. The zero-order chi connectivity index (χ0) is 33.2. The molecule has 0 spiro atoms. The highest BCUT2D eigenvalue weighted by molar-refractivity contribution is 5.65. The van der Waals surface area contributed by atoms with E-state index in [0.29, 0.717) is 47.7 Å². The number of benzene rings is 2. The van der Waals surface area contributed by atoms with Gasteiger partial charge < -0.3 is 9.80 Å². The molecule has 8 unspecified atom stereocenters. The zero-order valence-corrected chi connectivity index (χ0v) is 29.7. The second kappa shape index (κ2) is 12.3. The second-order valence-corrected chi connectivity index (χ2v) is 16.8.